The minimum atomic E-state index is -0.0241. The summed E-state index contributed by atoms with van der Waals surface area (Å²) in [6.45, 7) is 3.81. The number of benzene rings is 2. The number of nitrogens with zero attached hydrogens (tertiary/aromatic N) is 2. The summed E-state index contributed by atoms with van der Waals surface area (Å²) in [5.74, 6) is 0.277. The van der Waals surface area contributed by atoms with E-state index in [9.17, 15) is 4.79 Å². The van der Waals surface area contributed by atoms with Crippen molar-refractivity contribution in [2.24, 2.45) is 0 Å². The third-order valence-corrected chi connectivity index (χ3v) is 5.35. The molecule has 0 aliphatic heterocycles. The van der Waals surface area contributed by atoms with Crippen molar-refractivity contribution in [1.29, 1.82) is 0 Å². The third kappa shape index (κ3) is 5.25. The van der Waals surface area contributed by atoms with Crippen LogP contribution in [-0.4, -0.2) is 34.9 Å². The lowest BCUT2D eigenvalue weighted by Gasteiger charge is -2.09. The smallest absolute Gasteiger partial charge is 0.230 e. The van der Waals surface area contributed by atoms with E-state index in [1.54, 1.807) is 7.11 Å². The lowest BCUT2D eigenvalue weighted by atomic mass is 10.1. The van der Waals surface area contributed by atoms with Gasteiger partial charge in [-0.2, -0.15) is 0 Å². The van der Waals surface area contributed by atoms with Gasteiger partial charge in [-0.15, -0.1) is 0 Å². The zero-order chi connectivity index (χ0) is 19.2. The van der Waals surface area contributed by atoms with E-state index in [1.807, 2.05) is 49.4 Å². The van der Waals surface area contributed by atoms with Crippen molar-refractivity contribution < 1.29 is 9.53 Å². The molecule has 0 unspecified atom stereocenters. The number of amides is 1. The van der Waals surface area contributed by atoms with Gasteiger partial charge in [0, 0.05) is 25.2 Å². The summed E-state index contributed by atoms with van der Waals surface area (Å²) < 4.78 is 7.26. The number of carbonyl (C=O) groups is 1. The van der Waals surface area contributed by atoms with E-state index >= 15 is 0 Å². The van der Waals surface area contributed by atoms with Crippen LogP contribution in [0.2, 0.25) is 5.02 Å². The Kier molecular flexibility index (Phi) is 6.77. The molecule has 1 aromatic heterocycles. The van der Waals surface area contributed by atoms with Gasteiger partial charge in [-0.1, -0.05) is 53.2 Å². The molecule has 1 heterocycles. The summed E-state index contributed by atoms with van der Waals surface area (Å²) in [7, 11) is 1.67. The minimum Gasteiger partial charge on any atom is -0.383 e. The highest BCUT2D eigenvalue weighted by molar-refractivity contribution is 7.99. The number of aryl methyl sites for hydroxylation is 1. The number of thioether (sulfide) groups is 1. The highest BCUT2D eigenvalue weighted by Gasteiger charge is 2.13. The van der Waals surface area contributed by atoms with Crippen molar-refractivity contribution in [3.8, 4) is 0 Å². The average molecular weight is 404 g/mol. The highest BCUT2D eigenvalue weighted by Crippen LogP contribution is 2.26. The Morgan fingerprint density at radius 3 is 2.78 bits per heavy atom. The van der Waals surface area contributed by atoms with Gasteiger partial charge in [0.05, 0.1) is 23.4 Å². The number of carbonyl (C=O) groups excluding carboxylic acids is 1. The van der Waals surface area contributed by atoms with E-state index in [-0.39, 0.29) is 5.91 Å². The molecular weight excluding hydrogens is 382 g/mol. The maximum Gasteiger partial charge on any atom is 0.230 e. The van der Waals surface area contributed by atoms with Crippen LogP contribution >= 0.6 is 23.4 Å². The molecule has 0 radical (unpaired) electrons. The molecule has 0 aliphatic rings. The van der Waals surface area contributed by atoms with Crippen LogP contribution in [0, 0.1) is 6.92 Å². The van der Waals surface area contributed by atoms with Gasteiger partial charge in [0.15, 0.2) is 5.16 Å². The third-order valence-electron chi connectivity index (χ3n) is 4.14. The largest absolute Gasteiger partial charge is 0.383 e. The number of hydrogen-bond acceptors (Lipinski definition) is 4. The summed E-state index contributed by atoms with van der Waals surface area (Å²) in [6.07, 6.45) is 0. The minimum absolute atomic E-state index is 0.0241. The highest BCUT2D eigenvalue weighted by atomic mass is 35.5. The Labute approximate surface area is 168 Å². The van der Waals surface area contributed by atoms with Crippen molar-refractivity contribution >= 4 is 40.3 Å². The molecule has 27 heavy (non-hydrogen) atoms. The molecule has 142 valence electrons. The van der Waals surface area contributed by atoms with E-state index in [4.69, 9.17) is 16.3 Å². The molecule has 0 bridgehead atoms. The van der Waals surface area contributed by atoms with Crippen molar-refractivity contribution in [1.82, 2.24) is 14.9 Å². The summed E-state index contributed by atoms with van der Waals surface area (Å²) in [5, 5.41) is 4.38. The topological polar surface area (TPSA) is 56.1 Å². The molecule has 0 aliphatic carbocycles. The fourth-order valence-electron chi connectivity index (χ4n) is 2.68. The lowest BCUT2D eigenvalue weighted by Crippen LogP contribution is -2.24. The fraction of sp³-hybridized carbons (Fsp3) is 0.300. The van der Waals surface area contributed by atoms with Crippen LogP contribution in [0.4, 0.5) is 0 Å². The number of aromatic nitrogens is 2. The first-order valence-corrected chi connectivity index (χ1v) is 10.0. The van der Waals surface area contributed by atoms with Gasteiger partial charge >= 0.3 is 0 Å². The molecule has 3 rings (SSSR count). The number of methoxy groups -OCH3 is 1. The first kappa shape index (κ1) is 19.7. The van der Waals surface area contributed by atoms with E-state index in [0.29, 0.717) is 30.5 Å². The van der Waals surface area contributed by atoms with E-state index in [0.717, 1.165) is 21.8 Å². The Bertz CT molecular complexity index is 925. The van der Waals surface area contributed by atoms with Crippen LogP contribution < -0.4 is 5.32 Å². The zero-order valence-electron chi connectivity index (χ0n) is 15.4. The molecule has 1 amide bonds. The Morgan fingerprint density at radius 1 is 1.26 bits per heavy atom. The predicted molar refractivity (Wildman–Crippen MR) is 110 cm³/mol. The van der Waals surface area contributed by atoms with E-state index in [1.165, 1.54) is 17.3 Å². The van der Waals surface area contributed by atoms with Gasteiger partial charge in [0.2, 0.25) is 5.91 Å². The molecular formula is C20H22ClN3O2S. The molecule has 5 nitrogen and oxygen atoms in total. The van der Waals surface area contributed by atoms with Gasteiger partial charge in [0.1, 0.15) is 0 Å². The quantitative estimate of drug-likeness (QED) is 0.576. The molecule has 0 saturated heterocycles. The second-order valence-corrected chi connectivity index (χ2v) is 7.60. The SMILES string of the molecule is COCCn1c(SCC(=O)NCc2ccc(C)cc2)nc2cc(Cl)ccc21. The zero-order valence-corrected chi connectivity index (χ0v) is 16.9. The fourth-order valence-corrected chi connectivity index (χ4v) is 3.71. The van der Waals surface area contributed by atoms with Crippen LogP contribution in [0.25, 0.3) is 11.0 Å². The maximum atomic E-state index is 12.2. The van der Waals surface area contributed by atoms with Gasteiger partial charge in [-0.25, -0.2) is 4.98 Å². The van der Waals surface area contributed by atoms with Crippen LogP contribution in [0.15, 0.2) is 47.6 Å². The summed E-state index contributed by atoms with van der Waals surface area (Å²) >= 11 is 7.49. The monoisotopic (exact) mass is 403 g/mol. The van der Waals surface area contributed by atoms with Crippen molar-refractivity contribution in [3.05, 3.63) is 58.6 Å². The first-order valence-electron chi connectivity index (χ1n) is 8.66. The van der Waals surface area contributed by atoms with E-state index in [2.05, 4.69) is 14.9 Å². The van der Waals surface area contributed by atoms with Crippen LogP contribution in [-0.2, 0) is 22.6 Å². The Balaban J connectivity index is 1.64. The van der Waals surface area contributed by atoms with Gasteiger partial charge < -0.3 is 14.6 Å². The predicted octanol–water partition coefficient (Wildman–Crippen LogP) is 4.05. The number of halogens is 1. The number of nitrogens with one attached hydrogen (secondary N) is 1. The van der Waals surface area contributed by atoms with Crippen molar-refractivity contribution in [2.45, 2.75) is 25.2 Å². The standard InChI is InChI=1S/C20H22ClN3O2S/c1-14-3-5-15(6-4-14)12-22-19(25)13-27-20-23-17-11-16(21)7-8-18(17)24(20)9-10-26-2/h3-8,11H,9-10,12-13H2,1-2H3,(H,22,25). The van der Waals surface area contributed by atoms with Crippen LogP contribution in [0.3, 0.4) is 0 Å². The number of rotatable bonds is 8. The van der Waals surface area contributed by atoms with Crippen LogP contribution in [0.1, 0.15) is 11.1 Å². The van der Waals surface area contributed by atoms with Gasteiger partial charge in [-0.3, -0.25) is 4.79 Å². The molecule has 1 N–H and O–H groups in total. The molecule has 0 fully saturated rings. The second kappa shape index (κ2) is 9.26. The van der Waals surface area contributed by atoms with Gasteiger partial charge in [0.25, 0.3) is 0 Å². The Hall–Kier alpha value is -2.02. The molecule has 3 aromatic rings. The summed E-state index contributed by atoms with van der Waals surface area (Å²) in [5.41, 5.74) is 4.09. The van der Waals surface area contributed by atoms with Crippen molar-refractivity contribution in [3.63, 3.8) is 0 Å². The maximum absolute atomic E-state index is 12.2. The van der Waals surface area contributed by atoms with Crippen molar-refractivity contribution in [2.75, 3.05) is 19.5 Å². The molecule has 7 heteroatoms. The summed E-state index contributed by atoms with van der Waals surface area (Å²) in [6, 6.07) is 13.8. The van der Waals surface area contributed by atoms with Crippen LogP contribution in [0.5, 0.6) is 0 Å². The number of ether oxygens (including phenoxy) is 1. The molecule has 0 saturated carbocycles. The normalized spacial score (nSPS) is 11.1. The number of imidazole rings is 1. The lowest BCUT2D eigenvalue weighted by molar-refractivity contribution is -0.118. The van der Waals surface area contributed by atoms with E-state index < -0.39 is 0 Å². The molecule has 0 spiro atoms. The average Bonchev–Trinajstić information content (AvgIpc) is 3.00. The second-order valence-electron chi connectivity index (χ2n) is 6.22. The molecule has 0 atom stereocenters. The number of hydrogen-bond donors (Lipinski definition) is 1. The van der Waals surface area contributed by atoms with Gasteiger partial charge in [-0.05, 0) is 30.7 Å². The summed E-state index contributed by atoms with van der Waals surface area (Å²) in [4.78, 5) is 16.9. The molecule has 2 aromatic carbocycles. The number of fused-ring (bicyclic) bond motifs is 1. The first-order chi connectivity index (χ1) is 13.1. The Morgan fingerprint density at radius 2 is 2.04 bits per heavy atom.